The predicted molar refractivity (Wildman–Crippen MR) is 134 cm³/mol. The van der Waals surface area contributed by atoms with Crippen molar-refractivity contribution < 1.29 is 36.5 Å². The summed E-state index contributed by atoms with van der Waals surface area (Å²) in [5.74, 6) is -7.09. The lowest BCUT2D eigenvalue weighted by atomic mass is 9.99. The van der Waals surface area contributed by atoms with Crippen LogP contribution in [0.1, 0.15) is 71.1 Å². The first-order valence-corrected chi connectivity index (χ1v) is 13.8. The highest BCUT2D eigenvalue weighted by Gasteiger charge is 2.65. The number of rotatable bonds is 9. The van der Waals surface area contributed by atoms with Gasteiger partial charge in [0, 0.05) is 31.4 Å². The maximum absolute atomic E-state index is 14.2. The van der Waals surface area contributed by atoms with E-state index >= 15 is 0 Å². The molecule has 3 aromatic heterocycles. The van der Waals surface area contributed by atoms with Crippen LogP contribution in [0.5, 0.6) is 0 Å². The number of amides is 3. The van der Waals surface area contributed by atoms with E-state index in [-0.39, 0.29) is 48.8 Å². The van der Waals surface area contributed by atoms with Crippen molar-refractivity contribution in [2.45, 2.75) is 55.5 Å². The number of hydrogen-bond donors (Lipinski definition) is 2. The zero-order valence-corrected chi connectivity index (χ0v) is 22.5. The number of imidazole rings is 1. The molecule has 3 aliphatic carbocycles. The van der Waals surface area contributed by atoms with Gasteiger partial charge < -0.3 is 20.3 Å². The Hall–Kier alpha value is -3.82. The second-order valence-corrected chi connectivity index (χ2v) is 11.8. The summed E-state index contributed by atoms with van der Waals surface area (Å²) >= 11 is 0. The lowest BCUT2D eigenvalue weighted by Crippen LogP contribution is -2.58. The van der Waals surface area contributed by atoms with Crippen LogP contribution < -0.4 is 10.6 Å². The molecule has 42 heavy (non-hydrogen) atoms. The van der Waals surface area contributed by atoms with Crippen LogP contribution in [0.25, 0.3) is 5.65 Å². The van der Waals surface area contributed by atoms with Crippen molar-refractivity contribution >= 4 is 17.6 Å². The fourth-order valence-corrected chi connectivity index (χ4v) is 6.57. The first kappa shape index (κ1) is 27.0. The van der Waals surface area contributed by atoms with Gasteiger partial charge in [0.2, 0.25) is 5.92 Å². The van der Waals surface area contributed by atoms with Crippen molar-refractivity contribution in [3.63, 3.8) is 0 Å². The summed E-state index contributed by atoms with van der Waals surface area (Å²) in [5, 5.41) is 17.2. The molecule has 2 N–H and O–H groups in total. The Labute approximate surface area is 236 Å². The summed E-state index contributed by atoms with van der Waals surface area (Å²) in [6.45, 7) is -1.61. The Morgan fingerprint density at radius 3 is 2.69 bits per heavy atom. The molecule has 0 radical (unpaired) electrons. The van der Waals surface area contributed by atoms with Crippen LogP contribution in [0.3, 0.4) is 0 Å². The van der Waals surface area contributed by atoms with Crippen molar-refractivity contribution in [3.8, 4) is 0 Å². The molecule has 4 aliphatic rings. The first-order chi connectivity index (χ1) is 20.0. The van der Waals surface area contributed by atoms with E-state index in [0.29, 0.717) is 22.6 Å². The number of halogens is 4. The number of urea groups is 1. The lowest BCUT2D eigenvalue weighted by molar-refractivity contribution is -0.0509. The second-order valence-electron chi connectivity index (χ2n) is 11.8. The van der Waals surface area contributed by atoms with Gasteiger partial charge in [-0.2, -0.15) is 5.10 Å². The van der Waals surface area contributed by atoms with Gasteiger partial charge in [-0.25, -0.2) is 36.5 Å². The largest absolute Gasteiger partial charge is 0.382 e. The molecule has 0 bridgehead atoms. The van der Waals surface area contributed by atoms with E-state index < -0.39 is 49.0 Å². The minimum atomic E-state index is -3.12. The van der Waals surface area contributed by atoms with E-state index in [2.05, 4.69) is 31.0 Å². The van der Waals surface area contributed by atoms with Gasteiger partial charge >= 0.3 is 6.03 Å². The second kappa shape index (κ2) is 9.61. The number of carbonyl (C=O) groups excluding carboxylic acids is 2. The molecule has 3 amide bonds. The Kier molecular flexibility index (Phi) is 6.18. The van der Waals surface area contributed by atoms with E-state index in [1.54, 1.807) is 12.3 Å². The lowest BCUT2D eigenvalue weighted by Gasteiger charge is -2.38. The van der Waals surface area contributed by atoms with Crippen LogP contribution >= 0.6 is 0 Å². The van der Waals surface area contributed by atoms with Gasteiger partial charge in [0.1, 0.15) is 5.69 Å². The van der Waals surface area contributed by atoms with E-state index in [1.165, 1.54) is 17.8 Å². The highest BCUT2D eigenvalue weighted by molar-refractivity contribution is 5.93. The average Bonchev–Trinajstić information content (AvgIpc) is 3.70. The standard InChI is InChI=1S/C26H28F4N8O4/c1-41-9-17(37-11-26(29,30)10-31-24(37)40)13-4-18-33-16(8-38(18)32-7-13)21(19-14-5-25(27,28)6-15(14)19)34-23(39)22-20(12-2-3-12)35-42-36-22/h4,7-8,12,14-15,17,19,21H,2-3,5-6,9-11H2,1H3,(H,31,40)(H,34,39)/t14-,15+,17-,19?,21-/m1/s1. The summed E-state index contributed by atoms with van der Waals surface area (Å²) in [6, 6.07) is -0.633. The zero-order chi connectivity index (χ0) is 29.4. The Morgan fingerprint density at radius 1 is 1.21 bits per heavy atom. The van der Waals surface area contributed by atoms with Crippen LogP contribution in [-0.2, 0) is 4.74 Å². The third-order valence-corrected chi connectivity index (χ3v) is 8.76. The molecule has 3 saturated carbocycles. The molecule has 1 aliphatic heterocycles. The molecule has 1 saturated heterocycles. The monoisotopic (exact) mass is 592 g/mol. The maximum Gasteiger partial charge on any atom is 0.318 e. The number of alkyl halides is 4. The third kappa shape index (κ3) is 4.84. The smallest absolute Gasteiger partial charge is 0.318 e. The molecule has 5 atom stereocenters. The number of nitrogens with zero attached hydrogens (tertiary/aromatic N) is 6. The molecule has 3 aromatic rings. The minimum Gasteiger partial charge on any atom is -0.382 e. The first-order valence-electron chi connectivity index (χ1n) is 13.8. The molecule has 224 valence electrons. The molecule has 1 unspecified atom stereocenters. The molecular formula is C26H28F4N8O4. The number of aromatic nitrogens is 5. The highest BCUT2D eigenvalue weighted by atomic mass is 19.3. The van der Waals surface area contributed by atoms with Gasteiger partial charge in [-0.05, 0) is 41.8 Å². The third-order valence-electron chi connectivity index (χ3n) is 8.76. The van der Waals surface area contributed by atoms with Crippen LogP contribution in [0, 0.1) is 17.8 Å². The number of nitrogens with one attached hydrogen (secondary N) is 2. The normalized spacial score (nSPS) is 27.4. The molecule has 4 fully saturated rings. The van der Waals surface area contributed by atoms with Gasteiger partial charge in [0.15, 0.2) is 11.3 Å². The summed E-state index contributed by atoms with van der Waals surface area (Å²) in [4.78, 5) is 31.5. The minimum absolute atomic E-state index is 0.0672. The summed E-state index contributed by atoms with van der Waals surface area (Å²) < 4.78 is 67.9. The molecule has 16 heteroatoms. The summed E-state index contributed by atoms with van der Waals surface area (Å²) in [7, 11) is 1.40. The molecule has 7 rings (SSSR count). The van der Waals surface area contributed by atoms with Crippen LogP contribution in [0.2, 0.25) is 0 Å². The summed E-state index contributed by atoms with van der Waals surface area (Å²) in [6.07, 6.45) is 4.27. The average molecular weight is 593 g/mol. The van der Waals surface area contributed by atoms with Gasteiger partial charge in [-0.15, -0.1) is 0 Å². The quantitative estimate of drug-likeness (QED) is 0.362. The maximum atomic E-state index is 14.2. The molecule has 0 aromatic carbocycles. The van der Waals surface area contributed by atoms with Gasteiger partial charge in [-0.3, -0.25) is 4.79 Å². The van der Waals surface area contributed by atoms with E-state index in [9.17, 15) is 27.2 Å². The SMILES string of the molecule is COC[C@H](c1cnn2cc([C@@H](NC(=O)c3nonc3C3CC3)C3[C@H]4CC(F)(F)C[C@@H]34)nc2c1)N1CC(F)(F)CNC1=O. The van der Waals surface area contributed by atoms with Gasteiger partial charge in [0.25, 0.3) is 11.8 Å². The van der Waals surface area contributed by atoms with Crippen LogP contribution in [0.4, 0.5) is 22.4 Å². The van der Waals surface area contributed by atoms with Crippen molar-refractivity contribution in [3.05, 3.63) is 41.1 Å². The van der Waals surface area contributed by atoms with Crippen molar-refractivity contribution in [1.29, 1.82) is 0 Å². The fraction of sp³-hybridized carbons (Fsp3) is 0.615. The predicted octanol–water partition coefficient (Wildman–Crippen LogP) is 3.10. The Bertz CT molecular complexity index is 1530. The van der Waals surface area contributed by atoms with E-state index in [4.69, 9.17) is 9.37 Å². The molecule has 4 heterocycles. The Morgan fingerprint density at radius 2 is 1.98 bits per heavy atom. The molecule has 12 nitrogen and oxygen atoms in total. The van der Waals surface area contributed by atoms with Crippen molar-refractivity contribution in [2.75, 3.05) is 26.8 Å². The van der Waals surface area contributed by atoms with Gasteiger partial charge in [-0.1, -0.05) is 5.16 Å². The number of carbonyl (C=O) groups is 2. The molecule has 0 spiro atoms. The van der Waals surface area contributed by atoms with Crippen molar-refractivity contribution in [2.24, 2.45) is 17.8 Å². The highest BCUT2D eigenvalue weighted by Crippen LogP contribution is 2.66. The van der Waals surface area contributed by atoms with Crippen LogP contribution in [-0.4, -0.2) is 80.4 Å². The number of hydrogen-bond acceptors (Lipinski definition) is 8. The Balaban J connectivity index is 1.19. The number of ether oxygens (including phenoxy) is 1. The zero-order valence-electron chi connectivity index (χ0n) is 22.5. The van der Waals surface area contributed by atoms with Crippen LogP contribution in [0.15, 0.2) is 23.1 Å². The van der Waals surface area contributed by atoms with E-state index in [0.717, 1.165) is 17.7 Å². The number of methoxy groups -OCH3 is 1. The van der Waals surface area contributed by atoms with Gasteiger partial charge in [0.05, 0.1) is 49.9 Å². The topological polar surface area (TPSA) is 140 Å². The summed E-state index contributed by atoms with van der Waals surface area (Å²) in [5.41, 5.74) is 1.70. The van der Waals surface area contributed by atoms with Crippen molar-refractivity contribution in [1.82, 2.24) is 40.4 Å². The number of fused-ring (bicyclic) bond motifs is 2. The fourth-order valence-electron chi connectivity index (χ4n) is 6.57. The van der Waals surface area contributed by atoms with E-state index in [1.807, 2.05) is 0 Å². The molecular weight excluding hydrogens is 564 g/mol.